The summed E-state index contributed by atoms with van der Waals surface area (Å²) < 4.78 is 0. The molecule has 0 bridgehead atoms. The van der Waals surface area contributed by atoms with Crippen molar-refractivity contribution in [2.75, 3.05) is 12.4 Å². The van der Waals surface area contributed by atoms with Gasteiger partial charge in [0, 0.05) is 5.75 Å². The van der Waals surface area contributed by atoms with Crippen LogP contribution in [0.2, 0.25) is 10.3 Å². The van der Waals surface area contributed by atoms with Crippen molar-refractivity contribution in [2.45, 2.75) is 11.1 Å². The van der Waals surface area contributed by atoms with Gasteiger partial charge in [-0.2, -0.15) is 0 Å². The Morgan fingerprint density at radius 1 is 1.50 bits per heavy atom. The number of rotatable bonds is 4. The van der Waals surface area contributed by atoms with E-state index in [1.807, 2.05) is 0 Å². The number of aromatic nitrogens is 2. The van der Waals surface area contributed by atoms with E-state index in [1.165, 1.54) is 18.0 Å². The molecule has 14 heavy (non-hydrogen) atoms. The standard InChI is InChI=1S/C7H8Cl2N2O2S/c8-5-1-10-7(9)11-6(5)14-3-4(13)2-12/h1,4,12-13H,2-3H2. The van der Waals surface area contributed by atoms with Crippen LogP contribution in [0.4, 0.5) is 0 Å². The maximum atomic E-state index is 9.09. The first-order valence-corrected chi connectivity index (χ1v) is 5.47. The predicted octanol–water partition coefficient (Wildman–Crippen LogP) is 1.23. The molecule has 78 valence electrons. The molecule has 1 aromatic rings. The summed E-state index contributed by atoms with van der Waals surface area (Å²) in [5.74, 6) is 0.309. The van der Waals surface area contributed by atoms with Gasteiger partial charge in [0.2, 0.25) is 5.28 Å². The number of nitrogens with zero attached hydrogens (tertiary/aromatic N) is 2. The third-order valence-corrected chi connectivity index (χ3v) is 3.01. The summed E-state index contributed by atoms with van der Waals surface area (Å²) in [5, 5.41) is 18.7. The van der Waals surface area contributed by atoms with Crippen molar-refractivity contribution in [3.8, 4) is 0 Å². The topological polar surface area (TPSA) is 66.2 Å². The highest BCUT2D eigenvalue weighted by molar-refractivity contribution is 7.99. The van der Waals surface area contributed by atoms with E-state index in [0.29, 0.717) is 15.8 Å². The lowest BCUT2D eigenvalue weighted by atomic mass is 10.4. The van der Waals surface area contributed by atoms with E-state index in [4.69, 9.17) is 33.4 Å². The molecule has 0 aromatic carbocycles. The minimum absolute atomic E-state index is 0.107. The van der Waals surface area contributed by atoms with Crippen molar-refractivity contribution in [3.63, 3.8) is 0 Å². The van der Waals surface area contributed by atoms with Gasteiger partial charge in [-0.1, -0.05) is 11.6 Å². The second-order valence-corrected chi connectivity index (χ2v) is 4.19. The lowest BCUT2D eigenvalue weighted by molar-refractivity contribution is 0.113. The highest BCUT2D eigenvalue weighted by Gasteiger charge is 2.08. The molecule has 2 N–H and O–H groups in total. The Balaban J connectivity index is 2.62. The van der Waals surface area contributed by atoms with Crippen molar-refractivity contribution in [1.82, 2.24) is 9.97 Å². The molecule has 0 aliphatic heterocycles. The van der Waals surface area contributed by atoms with E-state index in [1.54, 1.807) is 0 Å². The van der Waals surface area contributed by atoms with Gasteiger partial charge in [0.1, 0.15) is 5.03 Å². The van der Waals surface area contributed by atoms with Crippen LogP contribution in [0.25, 0.3) is 0 Å². The third-order valence-electron chi connectivity index (χ3n) is 1.31. The summed E-state index contributed by atoms with van der Waals surface area (Å²) >= 11 is 12.6. The number of hydrogen-bond donors (Lipinski definition) is 2. The van der Waals surface area contributed by atoms with E-state index >= 15 is 0 Å². The van der Waals surface area contributed by atoms with E-state index < -0.39 is 6.10 Å². The van der Waals surface area contributed by atoms with Crippen LogP contribution < -0.4 is 0 Å². The maximum Gasteiger partial charge on any atom is 0.223 e. The van der Waals surface area contributed by atoms with Gasteiger partial charge in [0.15, 0.2) is 0 Å². The van der Waals surface area contributed by atoms with Crippen molar-refractivity contribution in [3.05, 3.63) is 16.5 Å². The summed E-state index contributed by atoms with van der Waals surface area (Å²) in [4.78, 5) is 7.56. The van der Waals surface area contributed by atoms with Gasteiger partial charge >= 0.3 is 0 Å². The quantitative estimate of drug-likeness (QED) is 0.481. The molecule has 1 heterocycles. The average molecular weight is 255 g/mol. The maximum absolute atomic E-state index is 9.09. The van der Waals surface area contributed by atoms with Crippen molar-refractivity contribution in [1.29, 1.82) is 0 Å². The summed E-state index contributed by atoms with van der Waals surface area (Å²) in [6.07, 6.45) is 0.606. The minimum atomic E-state index is -0.787. The zero-order valence-electron chi connectivity index (χ0n) is 7.02. The summed E-state index contributed by atoms with van der Waals surface area (Å²) in [7, 11) is 0. The largest absolute Gasteiger partial charge is 0.394 e. The van der Waals surface area contributed by atoms with Crippen molar-refractivity contribution in [2.24, 2.45) is 0 Å². The predicted molar refractivity (Wildman–Crippen MR) is 55.9 cm³/mol. The normalized spacial score (nSPS) is 12.9. The van der Waals surface area contributed by atoms with Gasteiger partial charge in [-0.3, -0.25) is 0 Å². The molecule has 0 saturated carbocycles. The minimum Gasteiger partial charge on any atom is -0.394 e. The Morgan fingerprint density at radius 3 is 2.86 bits per heavy atom. The smallest absolute Gasteiger partial charge is 0.223 e. The molecule has 0 radical (unpaired) electrons. The molecule has 0 spiro atoms. The first kappa shape index (κ1) is 12.0. The van der Waals surface area contributed by atoms with Gasteiger partial charge in [0.25, 0.3) is 0 Å². The fourth-order valence-electron chi connectivity index (χ4n) is 0.660. The Morgan fingerprint density at radius 2 is 2.21 bits per heavy atom. The Labute approximate surface area is 95.3 Å². The lowest BCUT2D eigenvalue weighted by Gasteiger charge is -2.06. The van der Waals surface area contributed by atoms with Crippen LogP contribution in [0, 0.1) is 0 Å². The molecule has 1 atom stereocenters. The molecule has 1 unspecified atom stereocenters. The van der Waals surface area contributed by atoms with E-state index in [0.717, 1.165) is 0 Å². The van der Waals surface area contributed by atoms with Gasteiger partial charge in [0.05, 0.1) is 23.9 Å². The SMILES string of the molecule is OCC(O)CSc1nc(Cl)ncc1Cl. The zero-order valence-corrected chi connectivity index (χ0v) is 9.35. The van der Waals surface area contributed by atoms with Crippen LogP contribution in [0.15, 0.2) is 11.2 Å². The summed E-state index contributed by atoms with van der Waals surface area (Å²) in [6.45, 7) is -0.288. The lowest BCUT2D eigenvalue weighted by Crippen LogP contribution is -2.14. The fraction of sp³-hybridized carbons (Fsp3) is 0.429. The van der Waals surface area contributed by atoms with Crippen LogP contribution in [0.1, 0.15) is 0 Å². The van der Waals surface area contributed by atoms with Gasteiger partial charge in [-0.25, -0.2) is 9.97 Å². The number of aliphatic hydroxyl groups is 2. The molecule has 0 fully saturated rings. The third kappa shape index (κ3) is 3.59. The summed E-state index contributed by atoms with van der Waals surface area (Å²) in [5.41, 5.74) is 0. The molecule has 1 rings (SSSR count). The van der Waals surface area contributed by atoms with E-state index in [2.05, 4.69) is 9.97 Å². The molecule has 1 aromatic heterocycles. The highest BCUT2D eigenvalue weighted by Crippen LogP contribution is 2.25. The second kappa shape index (κ2) is 5.72. The molecule has 0 aliphatic carbocycles. The number of thioether (sulfide) groups is 1. The molecule has 0 saturated heterocycles. The van der Waals surface area contributed by atoms with Gasteiger partial charge < -0.3 is 10.2 Å². The highest BCUT2D eigenvalue weighted by atomic mass is 35.5. The molecule has 0 aliphatic rings. The molecular formula is C7H8Cl2N2O2S. The van der Waals surface area contributed by atoms with Gasteiger partial charge in [-0.05, 0) is 11.6 Å². The molecule has 0 amide bonds. The second-order valence-electron chi connectivity index (χ2n) is 2.44. The van der Waals surface area contributed by atoms with Gasteiger partial charge in [-0.15, -0.1) is 11.8 Å². The Kier molecular flexibility index (Phi) is 4.91. The summed E-state index contributed by atoms with van der Waals surface area (Å²) in [6, 6.07) is 0. The average Bonchev–Trinajstić information content (AvgIpc) is 2.19. The van der Waals surface area contributed by atoms with Crippen molar-refractivity contribution < 1.29 is 10.2 Å². The van der Waals surface area contributed by atoms with Crippen LogP contribution in [0.3, 0.4) is 0 Å². The van der Waals surface area contributed by atoms with Crippen LogP contribution >= 0.6 is 35.0 Å². The van der Waals surface area contributed by atoms with Crippen LogP contribution in [-0.4, -0.2) is 38.6 Å². The van der Waals surface area contributed by atoms with E-state index in [9.17, 15) is 0 Å². The Bertz CT molecular complexity index is 314. The fourth-order valence-corrected chi connectivity index (χ4v) is 1.90. The molecule has 4 nitrogen and oxygen atoms in total. The van der Waals surface area contributed by atoms with Crippen LogP contribution in [0.5, 0.6) is 0 Å². The first-order chi connectivity index (χ1) is 6.63. The van der Waals surface area contributed by atoms with Crippen molar-refractivity contribution >= 4 is 35.0 Å². The first-order valence-electron chi connectivity index (χ1n) is 3.73. The van der Waals surface area contributed by atoms with Crippen LogP contribution in [-0.2, 0) is 0 Å². The molecule has 7 heteroatoms. The Hall–Kier alpha value is -0.0700. The molecular weight excluding hydrogens is 247 g/mol. The zero-order chi connectivity index (χ0) is 10.6. The number of aliphatic hydroxyl groups excluding tert-OH is 2. The number of halogens is 2. The monoisotopic (exact) mass is 254 g/mol. The van der Waals surface area contributed by atoms with E-state index in [-0.39, 0.29) is 11.9 Å². The number of hydrogen-bond acceptors (Lipinski definition) is 5.